The van der Waals surface area contributed by atoms with E-state index in [9.17, 15) is 9.18 Å². The molecule has 112 valence electrons. The first kappa shape index (κ1) is 15.4. The van der Waals surface area contributed by atoms with Crippen LogP contribution in [0.15, 0.2) is 29.8 Å². The van der Waals surface area contributed by atoms with Crippen molar-refractivity contribution in [1.82, 2.24) is 15.1 Å². The Balaban J connectivity index is 2.52. The highest BCUT2D eigenvalue weighted by Crippen LogP contribution is 2.20. The molecule has 5 nitrogen and oxygen atoms in total. The van der Waals surface area contributed by atoms with Crippen LogP contribution in [0.25, 0.3) is 11.8 Å². The van der Waals surface area contributed by atoms with E-state index in [2.05, 4.69) is 10.4 Å². The second-order valence-electron chi connectivity index (χ2n) is 4.72. The molecule has 6 heteroatoms. The summed E-state index contributed by atoms with van der Waals surface area (Å²) >= 11 is 0. The minimum absolute atomic E-state index is 0.00681. The summed E-state index contributed by atoms with van der Waals surface area (Å²) in [6.45, 7) is 3.62. The quantitative estimate of drug-likeness (QED) is 0.698. The molecule has 0 saturated heterocycles. The van der Waals surface area contributed by atoms with Crippen LogP contribution in [0.1, 0.15) is 17.0 Å². The Kier molecular flexibility index (Phi) is 4.37. The number of carbonyl (C=O) groups excluding carboxylic acids is 1. The Morgan fingerprint density at radius 1 is 1.36 bits per heavy atom. The third-order valence-electron chi connectivity index (χ3n) is 3.30. The molecule has 0 spiro atoms. The second kappa shape index (κ2) is 6.22. The first-order valence-electron chi connectivity index (χ1n) is 6.64. The lowest BCUT2D eigenvalue weighted by molar-refractivity contribution is -0.116. The van der Waals surface area contributed by atoms with E-state index in [1.54, 1.807) is 23.7 Å². The van der Waals surface area contributed by atoms with Crippen molar-refractivity contribution in [3.8, 4) is 11.8 Å². The van der Waals surface area contributed by atoms with E-state index >= 15 is 0 Å². The first-order valence-corrected chi connectivity index (χ1v) is 6.64. The maximum Gasteiger partial charge on any atom is 0.261 e. The van der Waals surface area contributed by atoms with Gasteiger partial charge in [0.25, 0.3) is 5.91 Å². The number of nitriles is 1. The highest BCUT2D eigenvalue weighted by molar-refractivity contribution is 6.01. The predicted octanol–water partition coefficient (Wildman–Crippen LogP) is 2.28. The average Bonchev–Trinajstić information content (AvgIpc) is 2.80. The molecular weight excluding hydrogens is 283 g/mol. The number of aromatic nitrogens is 2. The molecule has 1 aromatic heterocycles. The van der Waals surface area contributed by atoms with Crippen LogP contribution in [-0.2, 0) is 4.79 Å². The third kappa shape index (κ3) is 2.88. The fraction of sp³-hybridized carbons (Fsp3) is 0.188. The van der Waals surface area contributed by atoms with Crippen molar-refractivity contribution in [1.29, 1.82) is 5.26 Å². The van der Waals surface area contributed by atoms with E-state index in [4.69, 9.17) is 5.26 Å². The Bertz CT molecular complexity index is 782. The van der Waals surface area contributed by atoms with Crippen LogP contribution in [0.4, 0.5) is 4.39 Å². The Hall–Kier alpha value is -2.94. The van der Waals surface area contributed by atoms with Gasteiger partial charge in [0.05, 0.1) is 11.4 Å². The molecule has 0 aliphatic carbocycles. The Morgan fingerprint density at radius 3 is 2.55 bits per heavy atom. The number of likely N-dealkylation sites (N-methyl/N-ethyl adjacent to an activating group) is 1. The van der Waals surface area contributed by atoms with Gasteiger partial charge in [-0.15, -0.1) is 0 Å². The minimum atomic E-state index is -0.448. The van der Waals surface area contributed by atoms with Crippen LogP contribution in [0.3, 0.4) is 0 Å². The number of carbonyl (C=O) groups is 1. The molecule has 1 aromatic carbocycles. The molecule has 0 saturated carbocycles. The summed E-state index contributed by atoms with van der Waals surface area (Å²) < 4.78 is 14.7. The van der Waals surface area contributed by atoms with Crippen molar-refractivity contribution >= 4 is 12.0 Å². The molecule has 1 N–H and O–H groups in total. The number of aryl methyl sites for hydroxylation is 1. The molecule has 0 aliphatic heterocycles. The van der Waals surface area contributed by atoms with Gasteiger partial charge in [0, 0.05) is 18.3 Å². The summed E-state index contributed by atoms with van der Waals surface area (Å²) in [7, 11) is 1.47. The zero-order valence-electron chi connectivity index (χ0n) is 12.5. The summed E-state index contributed by atoms with van der Waals surface area (Å²) in [5, 5.41) is 15.9. The van der Waals surface area contributed by atoms with Gasteiger partial charge in [-0.25, -0.2) is 9.07 Å². The monoisotopic (exact) mass is 298 g/mol. The number of amides is 1. The van der Waals surface area contributed by atoms with E-state index in [1.807, 2.05) is 13.0 Å². The number of hydrogen-bond donors (Lipinski definition) is 1. The molecule has 0 atom stereocenters. The number of nitrogens with one attached hydrogen (secondary N) is 1. The van der Waals surface area contributed by atoms with Crippen LogP contribution in [0.2, 0.25) is 0 Å². The van der Waals surface area contributed by atoms with Gasteiger partial charge < -0.3 is 5.32 Å². The van der Waals surface area contributed by atoms with Crippen LogP contribution in [-0.4, -0.2) is 22.7 Å². The van der Waals surface area contributed by atoms with E-state index in [-0.39, 0.29) is 11.4 Å². The summed E-state index contributed by atoms with van der Waals surface area (Å²) in [6.07, 6.45) is 1.51. The van der Waals surface area contributed by atoms with Gasteiger partial charge in [0.1, 0.15) is 17.5 Å². The summed E-state index contributed by atoms with van der Waals surface area (Å²) in [5.41, 5.74) is 2.86. The molecule has 1 amide bonds. The van der Waals surface area contributed by atoms with Gasteiger partial charge in [-0.05, 0) is 44.2 Å². The zero-order chi connectivity index (χ0) is 16.3. The average molecular weight is 298 g/mol. The Morgan fingerprint density at radius 2 is 2.00 bits per heavy atom. The van der Waals surface area contributed by atoms with Crippen molar-refractivity contribution in [3.63, 3.8) is 0 Å². The molecule has 2 aromatic rings. The summed E-state index contributed by atoms with van der Waals surface area (Å²) in [4.78, 5) is 11.6. The van der Waals surface area contributed by atoms with Gasteiger partial charge in [-0.2, -0.15) is 10.4 Å². The van der Waals surface area contributed by atoms with Crippen LogP contribution >= 0.6 is 0 Å². The second-order valence-corrected chi connectivity index (χ2v) is 4.72. The van der Waals surface area contributed by atoms with Crippen molar-refractivity contribution in [3.05, 3.63) is 52.6 Å². The van der Waals surface area contributed by atoms with Crippen molar-refractivity contribution in [2.45, 2.75) is 13.8 Å². The molecule has 0 unspecified atom stereocenters. The normalized spacial score (nSPS) is 11.1. The van der Waals surface area contributed by atoms with Gasteiger partial charge >= 0.3 is 0 Å². The fourth-order valence-corrected chi connectivity index (χ4v) is 2.12. The molecule has 0 bridgehead atoms. The van der Waals surface area contributed by atoms with Crippen LogP contribution < -0.4 is 5.32 Å². The fourth-order valence-electron chi connectivity index (χ4n) is 2.12. The highest BCUT2D eigenvalue weighted by atomic mass is 19.1. The molecule has 22 heavy (non-hydrogen) atoms. The van der Waals surface area contributed by atoms with Crippen molar-refractivity contribution < 1.29 is 9.18 Å². The molecular formula is C16H15FN4O. The first-order chi connectivity index (χ1) is 10.5. The predicted molar refractivity (Wildman–Crippen MR) is 80.7 cm³/mol. The lowest BCUT2D eigenvalue weighted by Crippen LogP contribution is -2.19. The maximum absolute atomic E-state index is 13.0. The van der Waals surface area contributed by atoms with Crippen molar-refractivity contribution in [2.24, 2.45) is 0 Å². The zero-order valence-corrected chi connectivity index (χ0v) is 12.5. The summed E-state index contributed by atoms with van der Waals surface area (Å²) in [6, 6.07) is 7.82. The lowest BCUT2D eigenvalue weighted by atomic mass is 10.1. The van der Waals surface area contributed by atoms with Gasteiger partial charge in [-0.1, -0.05) is 0 Å². The molecule has 1 heterocycles. The van der Waals surface area contributed by atoms with E-state index in [0.717, 1.165) is 5.69 Å². The maximum atomic E-state index is 13.0. The van der Waals surface area contributed by atoms with Crippen LogP contribution in [0.5, 0.6) is 0 Å². The SMILES string of the molecule is CNC(=O)/C(C#N)=C/c1c(C)nn(-c2ccc(F)cc2)c1C. The Labute approximate surface area is 127 Å². The van der Waals surface area contributed by atoms with E-state index in [1.165, 1.54) is 25.3 Å². The number of hydrogen-bond acceptors (Lipinski definition) is 3. The molecule has 0 radical (unpaired) electrons. The van der Waals surface area contributed by atoms with Gasteiger partial charge in [-0.3, -0.25) is 4.79 Å². The number of nitrogens with zero attached hydrogens (tertiary/aromatic N) is 3. The topological polar surface area (TPSA) is 70.7 Å². The smallest absolute Gasteiger partial charge is 0.261 e. The van der Waals surface area contributed by atoms with Gasteiger partial charge in [0.2, 0.25) is 0 Å². The van der Waals surface area contributed by atoms with Crippen molar-refractivity contribution in [2.75, 3.05) is 7.05 Å². The highest BCUT2D eigenvalue weighted by Gasteiger charge is 2.14. The third-order valence-corrected chi connectivity index (χ3v) is 3.30. The molecule has 0 fully saturated rings. The number of halogens is 1. The summed E-state index contributed by atoms with van der Waals surface area (Å²) in [5.74, 6) is -0.771. The van der Waals surface area contributed by atoms with Gasteiger partial charge in [0.15, 0.2) is 0 Å². The minimum Gasteiger partial charge on any atom is -0.354 e. The molecule has 0 aliphatic rings. The molecule has 2 rings (SSSR count). The van der Waals surface area contributed by atoms with E-state index in [0.29, 0.717) is 16.9 Å². The largest absolute Gasteiger partial charge is 0.354 e. The lowest BCUT2D eigenvalue weighted by Gasteiger charge is -2.04. The number of rotatable bonds is 3. The number of benzene rings is 1. The van der Waals surface area contributed by atoms with E-state index < -0.39 is 5.91 Å². The van der Waals surface area contributed by atoms with Crippen LogP contribution in [0, 0.1) is 31.0 Å². The standard InChI is InChI=1S/C16H15FN4O/c1-10-15(8-12(9-18)16(22)19-3)11(2)21(20-10)14-6-4-13(17)5-7-14/h4-8H,1-3H3,(H,19,22)/b12-8+.